The zero-order valence-electron chi connectivity index (χ0n) is 19.3. The van der Waals surface area contributed by atoms with E-state index in [4.69, 9.17) is 25.8 Å². The first-order valence-corrected chi connectivity index (χ1v) is 11.4. The van der Waals surface area contributed by atoms with Gasteiger partial charge in [0, 0.05) is 16.6 Å². The first-order chi connectivity index (χ1) is 16.5. The number of halogens is 1. The van der Waals surface area contributed by atoms with Gasteiger partial charge < -0.3 is 19.5 Å². The lowest BCUT2D eigenvalue weighted by Gasteiger charge is -2.14. The summed E-state index contributed by atoms with van der Waals surface area (Å²) in [5, 5.41) is 3.46. The molecule has 1 N–H and O–H groups in total. The third kappa shape index (κ3) is 7.52. The topological polar surface area (TPSA) is 73.9 Å². The average molecular weight is 482 g/mol. The van der Waals surface area contributed by atoms with Gasteiger partial charge in [-0.15, -0.1) is 0 Å². The van der Waals surface area contributed by atoms with Crippen molar-refractivity contribution in [2.75, 3.05) is 13.7 Å². The third-order valence-corrected chi connectivity index (χ3v) is 5.56. The van der Waals surface area contributed by atoms with Crippen LogP contribution < -0.4 is 14.8 Å². The molecular weight excluding hydrogens is 454 g/mol. The Labute approximate surface area is 204 Å². The molecule has 1 atom stereocenters. The van der Waals surface area contributed by atoms with Crippen molar-refractivity contribution in [3.63, 3.8) is 0 Å². The van der Waals surface area contributed by atoms with E-state index in [1.165, 1.54) is 18.7 Å². The molecule has 0 heterocycles. The number of methoxy groups -OCH3 is 1. The van der Waals surface area contributed by atoms with Crippen molar-refractivity contribution in [1.29, 1.82) is 0 Å². The highest BCUT2D eigenvalue weighted by Crippen LogP contribution is 2.30. The van der Waals surface area contributed by atoms with Crippen LogP contribution in [0.4, 0.5) is 0 Å². The molecule has 0 bridgehead atoms. The van der Waals surface area contributed by atoms with Crippen molar-refractivity contribution in [3.05, 3.63) is 94.5 Å². The third-order valence-electron chi connectivity index (χ3n) is 5.19. The lowest BCUT2D eigenvalue weighted by molar-refractivity contribution is -0.124. The summed E-state index contributed by atoms with van der Waals surface area (Å²) < 4.78 is 16.3. The Kier molecular flexibility index (Phi) is 9.35. The molecule has 7 heteroatoms. The van der Waals surface area contributed by atoms with Crippen LogP contribution in [0.15, 0.2) is 72.8 Å². The molecule has 34 heavy (non-hydrogen) atoms. The van der Waals surface area contributed by atoms with Gasteiger partial charge >= 0.3 is 5.97 Å². The number of amides is 1. The summed E-state index contributed by atoms with van der Waals surface area (Å²) in [4.78, 5) is 24.6. The molecule has 0 aromatic heterocycles. The normalized spacial score (nSPS) is 11.4. The lowest BCUT2D eigenvalue weighted by atomic mass is 10.1. The van der Waals surface area contributed by atoms with Gasteiger partial charge in [0.05, 0.1) is 12.7 Å². The molecule has 1 amide bonds. The number of aryl methyl sites for hydroxylation is 1. The van der Waals surface area contributed by atoms with Crippen molar-refractivity contribution >= 4 is 23.5 Å². The van der Waals surface area contributed by atoms with Gasteiger partial charge in [0.15, 0.2) is 18.1 Å². The smallest absolute Gasteiger partial charge is 0.338 e. The Hall–Kier alpha value is -3.51. The number of esters is 1. The van der Waals surface area contributed by atoms with Crippen LogP contribution >= 0.6 is 11.6 Å². The zero-order chi connectivity index (χ0) is 24.3. The number of carbonyl (C=O) groups is 2. The molecule has 3 rings (SSSR count). The summed E-state index contributed by atoms with van der Waals surface area (Å²) in [6, 6.07) is 22.1. The molecule has 0 spiro atoms. The monoisotopic (exact) mass is 481 g/mol. The zero-order valence-corrected chi connectivity index (χ0v) is 20.0. The molecule has 0 saturated heterocycles. The van der Waals surface area contributed by atoms with E-state index in [2.05, 4.69) is 17.4 Å². The van der Waals surface area contributed by atoms with Gasteiger partial charge in [-0.1, -0.05) is 60.1 Å². The van der Waals surface area contributed by atoms with Gasteiger partial charge in [-0.05, 0) is 49.6 Å². The maximum absolute atomic E-state index is 12.4. The molecular formula is C27H28ClNO5. The van der Waals surface area contributed by atoms with Crippen LogP contribution in [0.3, 0.4) is 0 Å². The van der Waals surface area contributed by atoms with Gasteiger partial charge in [-0.3, -0.25) is 4.79 Å². The van der Waals surface area contributed by atoms with E-state index in [9.17, 15) is 9.59 Å². The van der Waals surface area contributed by atoms with Crippen LogP contribution in [-0.4, -0.2) is 31.6 Å². The summed E-state index contributed by atoms with van der Waals surface area (Å²) in [5.41, 5.74) is 2.30. The highest BCUT2D eigenvalue weighted by molar-refractivity contribution is 6.31. The number of benzene rings is 3. The first-order valence-electron chi connectivity index (χ1n) is 11.0. The van der Waals surface area contributed by atoms with E-state index in [1.54, 1.807) is 18.2 Å². The summed E-state index contributed by atoms with van der Waals surface area (Å²) in [6.45, 7) is 1.82. The van der Waals surface area contributed by atoms with E-state index >= 15 is 0 Å². The van der Waals surface area contributed by atoms with E-state index in [0.717, 1.165) is 18.4 Å². The fourth-order valence-electron chi connectivity index (χ4n) is 3.32. The largest absolute Gasteiger partial charge is 0.493 e. The van der Waals surface area contributed by atoms with Gasteiger partial charge in [0.1, 0.15) is 6.61 Å². The molecule has 0 aliphatic rings. The summed E-state index contributed by atoms with van der Waals surface area (Å²) >= 11 is 6.16. The summed E-state index contributed by atoms with van der Waals surface area (Å²) in [5.74, 6) is -0.131. The van der Waals surface area contributed by atoms with E-state index in [0.29, 0.717) is 16.5 Å². The van der Waals surface area contributed by atoms with E-state index in [1.807, 2.05) is 43.3 Å². The van der Waals surface area contributed by atoms with Gasteiger partial charge in [-0.25, -0.2) is 4.79 Å². The standard InChI is InChI=1S/C27H28ClNO5/c1-19(12-13-20-8-4-3-5-9-20)29-26(30)18-34-27(31)21-14-15-24(25(16-21)32-2)33-17-22-10-6-7-11-23(22)28/h3-11,14-16,19H,12-13,17-18H2,1-2H3,(H,29,30). The van der Waals surface area contributed by atoms with E-state index < -0.39 is 5.97 Å². The predicted molar refractivity (Wildman–Crippen MR) is 131 cm³/mol. The molecule has 6 nitrogen and oxygen atoms in total. The lowest BCUT2D eigenvalue weighted by Crippen LogP contribution is -2.36. The molecule has 0 saturated carbocycles. The Morgan fingerprint density at radius 1 is 0.971 bits per heavy atom. The minimum atomic E-state index is -0.622. The fourth-order valence-corrected chi connectivity index (χ4v) is 3.51. The van der Waals surface area contributed by atoms with Crippen LogP contribution in [-0.2, 0) is 22.6 Å². The van der Waals surface area contributed by atoms with Crippen molar-refractivity contribution in [1.82, 2.24) is 5.32 Å². The second-order valence-corrected chi connectivity index (χ2v) is 8.22. The number of hydrogen-bond donors (Lipinski definition) is 1. The Balaban J connectivity index is 1.48. The maximum Gasteiger partial charge on any atom is 0.338 e. The summed E-state index contributed by atoms with van der Waals surface area (Å²) in [7, 11) is 1.48. The quantitative estimate of drug-likeness (QED) is 0.380. The Morgan fingerprint density at radius 3 is 2.44 bits per heavy atom. The molecule has 1 unspecified atom stereocenters. The van der Waals surface area contributed by atoms with Crippen LogP contribution in [0.1, 0.15) is 34.8 Å². The predicted octanol–water partition coefficient (Wildman–Crippen LogP) is 5.22. The molecule has 178 valence electrons. The van der Waals surface area contributed by atoms with E-state index in [-0.39, 0.29) is 30.7 Å². The van der Waals surface area contributed by atoms with Gasteiger partial charge in [0.25, 0.3) is 5.91 Å². The highest BCUT2D eigenvalue weighted by Gasteiger charge is 2.15. The fraction of sp³-hybridized carbons (Fsp3) is 0.259. The minimum Gasteiger partial charge on any atom is -0.493 e. The van der Waals surface area contributed by atoms with Crippen molar-refractivity contribution in [3.8, 4) is 11.5 Å². The van der Waals surface area contributed by atoms with Crippen molar-refractivity contribution in [2.24, 2.45) is 0 Å². The second-order valence-electron chi connectivity index (χ2n) is 7.81. The SMILES string of the molecule is COc1cc(C(=O)OCC(=O)NC(C)CCc2ccccc2)ccc1OCc1ccccc1Cl. The van der Waals surface area contributed by atoms with Crippen molar-refractivity contribution < 1.29 is 23.8 Å². The molecule has 3 aromatic rings. The maximum atomic E-state index is 12.4. The van der Waals surface area contributed by atoms with Gasteiger partial charge in [-0.2, -0.15) is 0 Å². The number of ether oxygens (including phenoxy) is 3. The molecule has 0 radical (unpaired) electrons. The molecule has 0 aliphatic carbocycles. The van der Waals surface area contributed by atoms with Gasteiger partial charge in [0.2, 0.25) is 0 Å². The molecule has 0 fully saturated rings. The van der Waals surface area contributed by atoms with Crippen LogP contribution in [0, 0.1) is 0 Å². The number of hydrogen-bond acceptors (Lipinski definition) is 5. The average Bonchev–Trinajstić information content (AvgIpc) is 2.86. The Morgan fingerprint density at radius 2 is 1.71 bits per heavy atom. The van der Waals surface area contributed by atoms with Crippen LogP contribution in [0.2, 0.25) is 5.02 Å². The van der Waals surface area contributed by atoms with Crippen LogP contribution in [0.25, 0.3) is 0 Å². The number of carbonyl (C=O) groups excluding carboxylic acids is 2. The highest BCUT2D eigenvalue weighted by atomic mass is 35.5. The van der Waals surface area contributed by atoms with Crippen molar-refractivity contribution in [2.45, 2.75) is 32.4 Å². The van der Waals surface area contributed by atoms with Crippen LogP contribution in [0.5, 0.6) is 11.5 Å². The summed E-state index contributed by atoms with van der Waals surface area (Å²) in [6.07, 6.45) is 1.64. The number of rotatable bonds is 11. The molecule has 0 aliphatic heterocycles. The first kappa shape index (κ1) is 25.1. The number of nitrogens with one attached hydrogen (secondary N) is 1. The Bertz CT molecular complexity index is 1100. The minimum absolute atomic E-state index is 0.0407. The molecule has 3 aromatic carbocycles. The second kappa shape index (κ2) is 12.7.